The molecule has 3 rings (SSSR count). The molecule has 0 radical (unpaired) electrons. The number of rotatable bonds is 4. The Morgan fingerprint density at radius 2 is 2.37 bits per heavy atom. The first-order valence-electron chi connectivity index (χ1n) is 6.00. The molecule has 2 heterocycles. The topological polar surface area (TPSA) is 47.8 Å². The minimum Gasteiger partial charge on any atom is -0.287 e. The van der Waals surface area contributed by atoms with Crippen LogP contribution in [0.5, 0.6) is 0 Å². The molecule has 0 saturated heterocycles. The monoisotopic (exact) mass is 337 g/mol. The van der Waals surface area contributed by atoms with E-state index in [-0.39, 0.29) is 5.78 Å². The van der Waals surface area contributed by atoms with Gasteiger partial charge in [-0.15, -0.1) is 11.3 Å². The first-order valence-corrected chi connectivity index (χ1v) is 7.68. The van der Waals surface area contributed by atoms with Crippen LogP contribution < -0.4 is 0 Å². The van der Waals surface area contributed by atoms with Gasteiger partial charge in [0.05, 0.1) is 11.9 Å². The minimum absolute atomic E-state index is 0.0707. The van der Waals surface area contributed by atoms with Crippen molar-refractivity contribution in [1.29, 1.82) is 0 Å². The maximum atomic E-state index is 12.0. The van der Waals surface area contributed by atoms with Crippen molar-refractivity contribution in [2.75, 3.05) is 0 Å². The molecule has 1 fully saturated rings. The lowest BCUT2D eigenvalue weighted by Gasteiger charge is -1.98. The number of thiazole rings is 1. The van der Waals surface area contributed by atoms with Crippen molar-refractivity contribution in [2.45, 2.75) is 18.8 Å². The number of nitrogens with zero attached hydrogens (tertiary/aromatic N) is 3. The molecule has 0 atom stereocenters. The summed E-state index contributed by atoms with van der Waals surface area (Å²) in [6.07, 6.45) is 7.77. The summed E-state index contributed by atoms with van der Waals surface area (Å²) in [5.41, 5.74) is 2.26. The maximum absolute atomic E-state index is 12.0. The van der Waals surface area contributed by atoms with Crippen molar-refractivity contribution in [3.05, 3.63) is 38.5 Å². The van der Waals surface area contributed by atoms with Crippen molar-refractivity contribution < 1.29 is 4.79 Å². The lowest BCUT2D eigenvalue weighted by molar-refractivity contribution is 0.104. The van der Waals surface area contributed by atoms with Crippen LogP contribution in [0, 0.1) is 0 Å². The van der Waals surface area contributed by atoms with Gasteiger partial charge in [-0.25, -0.2) is 4.98 Å². The molecule has 0 bridgehead atoms. The van der Waals surface area contributed by atoms with E-state index >= 15 is 0 Å². The van der Waals surface area contributed by atoms with Gasteiger partial charge in [0.2, 0.25) is 5.78 Å². The van der Waals surface area contributed by atoms with Gasteiger partial charge in [0.1, 0.15) is 4.60 Å². The number of aromatic nitrogens is 3. The highest BCUT2D eigenvalue weighted by molar-refractivity contribution is 9.10. The third-order valence-corrected chi connectivity index (χ3v) is 4.68. The minimum atomic E-state index is -0.0707. The number of hydrogen-bond donors (Lipinski definition) is 0. The van der Waals surface area contributed by atoms with E-state index in [1.54, 1.807) is 11.5 Å². The highest BCUT2D eigenvalue weighted by Gasteiger charge is 2.27. The van der Waals surface area contributed by atoms with Gasteiger partial charge < -0.3 is 0 Å². The quantitative estimate of drug-likeness (QED) is 0.634. The number of carbonyl (C=O) groups is 1. The summed E-state index contributed by atoms with van der Waals surface area (Å²) in [6, 6.07) is 0. The zero-order valence-electron chi connectivity index (χ0n) is 10.3. The molecule has 0 aliphatic heterocycles. The first kappa shape index (κ1) is 12.7. The molecular formula is C13H12BrN3OS. The van der Waals surface area contributed by atoms with Crippen LogP contribution in [0.3, 0.4) is 0 Å². The van der Waals surface area contributed by atoms with Gasteiger partial charge in [-0.2, -0.15) is 5.10 Å². The second-order valence-electron chi connectivity index (χ2n) is 4.56. The summed E-state index contributed by atoms with van der Waals surface area (Å²) in [7, 11) is 1.90. The van der Waals surface area contributed by atoms with E-state index in [1.807, 2.05) is 24.0 Å². The molecule has 4 nitrogen and oxygen atoms in total. The second kappa shape index (κ2) is 5.02. The number of ketones is 1. The Bertz CT molecular complexity index is 655. The van der Waals surface area contributed by atoms with Gasteiger partial charge >= 0.3 is 0 Å². The van der Waals surface area contributed by atoms with Crippen LogP contribution in [0.15, 0.2) is 22.3 Å². The highest BCUT2D eigenvalue weighted by atomic mass is 79.9. The molecule has 6 heteroatoms. The normalized spacial score (nSPS) is 15.3. The molecule has 1 saturated carbocycles. The Hall–Kier alpha value is -1.27. The maximum Gasteiger partial charge on any atom is 0.214 e. The third kappa shape index (κ3) is 2.69. The Labute approximate surface area is 123 Å². The van der Waals surface area contributed by atoms with Crippen LogP contribution in [0.4, 0.5) is 0 Å². The highest BCUT2D eigenvalue weighted by Crippen LogP contribution is 2.41. The summed E-state index contributed by atoms with van der Waals surface area (Å²) in [5.74, 6) is 0.552. The molecule has 0 unspecified atom stereocenters. The molecular weight excluding hydrogens is 326 g/mol. The summed E-state index contributed by atoms with van der Waals surface area (Å²) < 4.78 is 2.52. The van der Waals surface area contributed by atoms with Gasteiger partial charge in [-0.1, -0.05) is 0 Å². The van der Waals surface area contributed by atoms with Crippen molar-refractivity contribution in [3.63, 3.8) is 0 Å². The standard InChI is InChI=1S/C13H12BrN3OS/c1-17-10(9(6-15-17)8-2-3-8)4-5-11(18)13-16-12(14)7-19-13/h4-8H,2-3H2,1H3/b5-4+. The first-order chi connectivity index (χ1) is 9.15. The SMILES string of the molecule is Cn1ncc(C2CC2)c1/C=C/C(=O)c1nc(Br)cs1. The smallest absolute Gasteiger partial charge is 0.214 e. The van der Waals surface area contributed by atoms with Crippen molar-refractivity contribution >= 4 is 39.1 Å². The van der Waals surface area contributed by atoms with Gasteiger partial charge in [-0.3, -0.25) is 9.48 Å². The fourth-order valence-electron chi connectivity index (χ4n) is 1.97. The number of carbonyl (C=O) groups excluding carboxylic acids is 1. The van der Waals surface area contributed by atoms with Crippen LogP contribution in [-0.4, -0.2) is 20.5 Å². The lowest BCUT2D eigenvalue weighted by atomic mass is 10.1. The van der Waals surface area contributed by atoms with Crippen molar-refractivity contribution in [2.24, 2.45) is 7.05 Å². The third-order valence-electron chi connectivity index (χ3n) is 3.11. The zero-order valence-corrected chi connectivity index (χ0v) is 12.7. The molecule has 1 aliphatic carbocycles. The Balaban J connectivity index is 1.82. The van der Waals surface area contributed by atoms with Crippen LogP contribution in [0.25, 0.3) is 6.08 Å². The van der Waals surface area contributed by atoms with Crippen LogP contribution in [-0.2, 0) is 7.05 Å². The van der Waals surface area contributed by atoms with Gasteiger partial charge in [0, 0.05) is 18.0 Å². The zero-order chi connectivity index (χ0) is 13.4. The van der Waals surface area contributed by atoms with Gasteiger partial charge in [-0.05, 0) is 46.8 Å². The molecule has 2 aromatic heterocycles. The Morgan fingerprint density at radius 3 is 3.00 bits per heavy atom. The average molecular weight is 338 g/mol. The molecule has 2 aromatic rings. The van der Waals surface area contributed by atoms with Gasteiger partial charge in [0.15, 0.2) is 5.01 Å². The predicted molar refractivity (Wildman–Crippen MR) is 78.4 cm³/mol. The van der Waals surface area contributed by atoms with Crippen LogP contribution >= 0.6 is 27.3 Å². The molecule has 19 heavy (non-hydrogen) atoms. The van der Waals surface area contributed by atoms with E-state index in [0.717, 1.165) is 5.69 Å². The summed E-state index contributed by atoms with van der Waals surface area (Å²) in [5, 5.41) is 6.57. The molecule has 0 spiro atoms. The van der Waals surface area contributed by atoms with Crippen LogP contribution in [0.1, 0.15) is 39.8 Å². The average Bonchev–Trinajstić information content (AvgIpc) is 3.04. The molecule has 0 N–H and O–H groups in total. The van der Waals surface area contributed by atoms with E-state index in [9.17, 15) is 4.79 Å². The van der Waals surface area contributed by atoms with Crippen molar-refractivity contribution in [1.82, 2.24) is 14.8 Å². The second-order valence-corrected chi connectivity index (χ2v) is 6.23. The summed E-state index contributed by atoms with van der Waals surface area (Å²) >= 11 is 4.59. The van der Waals surface area contributed by atoms with E-state index in [2.05, 4.69) is 26.0 Å². The van der Waals surface area contributed by atoms with E-state index < -0.39 is 0 Å². The fourth-order valence-corrected chi connectivity index (χ4v) is 3.14. The molecule has 98 valence electrons. The number of halogens is 1. The Morgan fingerprint density at radius 1 is 1.58 bits per heavy atom. The van der Waals surface area contributed by atoms with E-state index in [1.165, 1.54) is 29.7 Å². The van der Waals surface area contributed by atoms with E-state index in [4.69, 9.17) is 0 Å². The predicted octanol–water partition coefficient (Wildman–Crippen LogP) is 3.41. The Kier molecular flexibility index (Phi) is 3.36. The fraction of sp³-hybridized carbons (Fsp3) is 0.308. The van der Waals surface area contributed by atoms with Crippen molar-refractivity contribution in [3.8, 4) is 0 Å². The molecule has 1 aliphatic rings. The number of hydrogen-bond acceptors (Lipinski definition) is 4. The van der Waals surface area contributed by atoms with Gasteiger partial charge in [0.25, 0.3) is 0 Å². The summed E-state index contributed by atoms with van der Waals surface area (Å²) in [4.78, 5) is 16.1. The van der Waals surface area contributed by atoms with E-state index in [0.29, 0.717) is 15.5 Å². The lowest BCUT2D eigenvalue weighted by Crippen LogP contribution is -1.97. The molecule has 0 aromatic carbocycles. The largest absolute Gasteiger partial charge is 0.287 e. The molecule has 0 amide bonds. The van der Waals surface area contributed by atoms with Crippen LogP contribution in [0.2, 0.25) is 0 Å². The number of allylic oxidation sites excluding steroid dienone is 1. The number of aryl methyl sites for hydroxylation is 1. The summed E-state index contributed by atoms with van der Waals surface area (Å²) in [6.45, 7) is 0.